The van der Waals surface area contributed by atoms with E-state index in [1.54, 1.807) is 0 Å². The van der Waals surface area contributed by atoms with Gasteiger partial charge in [-0.15, -0.1) is 0 Å². The first kappa shape index (κ1) is 14.2. The number of aliphatic carboxylic acids is 1. The Morgan fingerprint density at radius 1 is 1.27 bits per heavy atom. The summed E-state index contributed by atoms with van der Waals surface area (Å²) in [6, 6.07) is 0. The molecule has 1 rings (SSSR count). The third-order valence-electron chi connectivity index (χ3n) is 2.47. The fourth-order valence-corrected chi connectivity index (χ4v) is 1.79. The van der Waals surface area contributed by atoms with Gasteiger partial charge < -0.3 is 10.2 Å². The average molecular weight is 214 g/mol. The molecule has 3 heteroatoms. The molecule has 0 amide bonds. The summed E-state index contributed by atoms with van der Waals surface area (Å²) in [5, 5.41) is 15.9. The predicted molar refractivity (Wildman–Crippen MR) is 60.7 cm³/mol. The Morgan fingerprint density at radius 3 is 2.27 bits per heavy atom. The topological polar surface area (TPSA) is 57.5 Å². The number of aliphatic hydroxyl groups is 1. The van der Waals surface area contributed by atoms with Crippen LogP contribution in [0.15, 0.2) is 12.2 Å². The van der Waals surface area contributed by atoms with Gasteiger partial charge in [-0.2, -0.15) is 0 Å². The molecule has 1 fully saturated rings. The van der Waals surface area contributed by atoms with Gasteiger partial charge in [0.25, 0.3) is 5.97 Å². The van der Waals surface area contributed by atoms with Crippen LogP contribution in [0.3, 0.4) is 0 Å². The van der Waals surface area contributed by atoms with Gasteiger partial charge in [-0.1, -0.05) is 44.3 Å². The molecule has 1 aliphatic rings. The Hall–Kier alpha value is -0.830. The molecule has 0 saturated heterocycles. The summed E-state index contributed by atoms with van der Waals surface area (Å²) in [7, 11) is 0. The van der Waals surface area contributed by atoms with Crippen molar-refractivity contribution in [1.82, 2.24) is 0 Å². The van der Waals surface area contributed by atoms with Crippen molar-refractivity contribution in [3.63, 3.8) is 0 Å². The summed E-state index contributed by atoms with van der Waals surface area (Å²) in [4.78, 5) is 9.00. The average Bonchev–Trinajstić information content (AvgIpc) is 2.19. The van der Waals surface area contributed by atoms with Crippen LogP contribution in [0.4, 0.5) is 0 Å². The maximum Gasteiger partial charge on any atom is 0.300 e. The van der Waals surface area contributed by atoms with E-state index >= 15 is 0 Å². The number of carboxylic acid groups (broad SMARTS) is 1. The van der Waals surface area contributed by atoms with Crippen molar-refractivity contribution in [2.45, 2.75) is 45.4 Å². The van der Waals surface area contributed by atoms with Gasteiger partial charge in [-0.05, 0) is 12.3 Å². The van der Waals surface area contributed by atoms with Crippen LogP contribution in [-0.2, 0) is 4.79 Å². The number of carboxylic acids is 1. The molecule has 15 heavy (non-hydrogen) atoms. The second-order valence-electron chi connectivity index (χ2n) is 3.91. The lowest BCUT2D eigenvalue weighted by molar-refractivity contribution is -0.134. The summed E-state index contributed by atoms with van der Waals surface area (Å²) in [6.07, 6.45) is 12.2. The van der Waals surface area contributed by atoms with E-state index < -0.39 is 5.97 Å². The fraction of sp³-hybridized carbons (Fsp3) is 0.750. The third-order valence-corrected chi connectivity index (χ3v) is 2.47. The summed E-state index contributed by atoms with van der Waals surface area (Å²) in [6.45, 7) is 1.28. The monoisotopic (exact) mass is 214 g/mol. The van der Waals surface area contributed by atoms with Crippen LogP contribution in [0.5, 0.6) is 0 Å². The number of hydrogen-bond acceptors (Lipinski definition) is 2. The molecule has 0 aromatic rings. The van der Waals surface area contributed by atoms with Gasteiger partial charge in [-0.3, -0.25) is 4.79 Å². The molecule has 0 aromatic heterocycles. The summed E-state index contributed by atoms with van der Waals surface area (Å²) < 4.78 is 0. The molecule has 1 saturated carbocycles. The highest BCUT2D eigenvalue weighted by Gasteiger charge is 2.10. The number of allylic oxidation sites excluding steroid dienone is 1. The number of rotatable bonds is 3. The van der Waals surface area contributed by atoms with Gasteiger partial charge in [-0.25, -0.2) is 0 Å². The van der Waals surface area contributed by atoms with Crippen molar-refractivity contribution in [3.8, 4) is 0 Å². The minimum absolute atomic E-state index is 0.201. The van der Waals surface area contributed by atoms with E-state index in [-0.39, 0.29) is 6.61 Å². The maximum absolute atomic E-state index is 9.00. The second kappa shape index (κ2) is 9.71. The van der Waals surface area contributed by atoms with E-state index in [1.807, 2.05) is 6.08 Å². The fourth-order valence-electron chi connectivity index (χ4n) is 1.79. The minimum atomic E-state index is -0.833. The van der Waals surface area contributed by atoms with Crippen LogP contribution in [0, 0.1) is 5.92 Å². The van der Waals surface area contributed by atoms with E-state index in [0.29, 0.717) is 0 Å². The normalized spacial score (nSPS) is 17.2. The number of aliphatic hydroxyl groups excluding tert-OH is 1. The Balaban J connectivity index is 0.000000423. The van der Waals surface area contributed by atoms with Gasteiger partial charge in [0.15, 0.2) is 0 Å². The summed E-state index contributed by atoms with van der Waals surface area (Å²) >= 11 is 0. The lowest BCUT2D eigenvalue weighted by Gasteiger charge is -2.19. The molecule has 0 atom stereocenters. The first-order chi connectivity index (χ1) is 7.16. The molecular weight excluding hydrogens is 192 g/mol. The molecule has 2 N–H and O–H groups in total. The van der Waals surface area contributed by atoms with Crippen molar-refractivity contribution in [3.05, 3.63) is 12.2 Å². The molecule has 0 radical (unpaired) electrons. The summed E-state index contributed by atoms with van der Waals surface area (Å²) in [5.74, 6) is 0.0755. The quantitative estimate of drug-likeness (QED) is 0.710. The first-order valence-electron chi connectivity index (χ1n) is 5.62. The van der Waals surface area contributed by atoms with E-state index in [0.717, 1.165) is 12.8 Å². The van der Waals surface area contributed by atoms with Gasteiger partial charge in [0.1, 0.15) is 0 Å². The highest BCUT2D eigenvalue weighted by atomic mass is 16.4. The zero-order valence-corrected chi connectivity index (χ0v) is 9.48. The van der Waals surface area contributed by atoms with Gasteiger partial charge in [0.2, 0.25) is 0 Å². The molecule has 88 valence electrons. The van der Waals surface area contributed by atoms with Gasteiger partial charge >= 0.3 is 0 Å². The third kappa shape index (κ3) is 11.1. The molecule has 0 aliphatic heterocycles. The van der Waals surface area contributed by atoms with Crippen LogP contribution in [0.2, 0.25) is 0 Å². The van der Waals surface area contributed by atoms with Crippen molar-refractivity contribution in [1.29, 1.82) is 0 Å². The second-order valence-corrected chi connectivity index (χ2v) is 3.91. The van der Waals surface area contributed by atoms with Crippen molar-refractivity contribution in [2.75, 3.05) is 6.61 Å². The summed E-state index contributed by atoms with van der Waals surface area (Å²) in [5.41, 5.74) is 0. The highest BCUT2D eigenvalue weighted by Crippen LogP contribution is 2.26. The van der Waals surface area contributed by atoms with Crippen LogP contribution >= 0.6 is 0 Å². The van der Waals surface area contributed by atoms with Crippen LogP contribution in [0.1, 0.15) is 45.4 Å². The number of carbonyl (C=O) groups is 1. The molecule has 0 bridgehead atoms. The zero-order chi connectivity index (χ0) is 11.5. The Morgan fingerprint density at radius 2 is 1.80 bits per heavy atom. The number of hydrogen-bond donors (Lipinski definition) is 2. The van der Waals surface area contributed by atoms with Gasteiger partial charge in [0, 0.05) is 6.92 Å². The standard InChI is InChI=1S/C10H18O.C2H4O2/c11-9-5-4-8-10-6-2-1-3-7-10;1-2(3)4/h4-5,10-11H,1-3,6-9H2;1H3,(H,3,4). The molecular formula is C12H22O3. The van der Waals surface area contributed by atoms with Crippen molar-refractivity contribution in [2.24, 2.45) is 5.92 Å². The molecule has 0 heterocycles. The van der Waals surface area contributed by atoms with E-state index in [9.17, 15) is 0 Å². The van der Waals surface area contributed by atoms with Crippen LogP contribution in [-0.4, -0.2) is 22.8 Å². The van der Waals surface area contributed by atoms with Crippen molar-refractivity contribution < 1.29 is 15.0 Å². The SMILES string of the molecule is CC(=O)O.OCC=CCC1CCCCC1. The highest BCUT2D eigenvalue weighted by molar-refractivity contribution is 5.62. The Kier molecular flexibility index (Phi) is 9.18. The lowest BCUT2D eigenvalue weighted by atomic mass is 9.87. The van der Waals surface area contributed by atoms with Crippen LogP contribution < -0.4 is 0 Å². The van der Waals surface area contributed by atoms with Crippen molar-refractivity contribution >= 4 is 5.97 Å². The smallest absolute Gasteiger partial charge is 0.300 e. The van der Waals surface area contributed by atoms with E-state index in [4.69, 9.17) is 15.0 Å². The van der Waals surface area contributed by atoms with Crippen LogP contribution in [0.25, 0.3) is 0 Å². The van der Waals surface area contributed by atoms with E-state index in [1.165, 1.54) is 38.5 Å². The molecule has 0 aromatic carbocycles. The first-order valence-corrected chi connectivity index (χ1v) is 5.62. The molecule has 1 aliphatic carbocycles. The Bertz CT molecular complexity index is 177. The largest absolute Gasteiger partial charge is 0.481 e. The van der Waals surface area contributed by atoms with Gasteiger partial charge in [0.05, 0.1) is 6.61 Å². The van der Waals surface area contributed by atoms with E-state index in [2.05, 4.69) is 6.08 Å². The Labute approximate surface area is 91.8 Å². The lowest BCUT2D eigenvalue weighted by Crippen LogP contribution is -2.04. The molecule has 0 spiro atoms. The molecule has 0 unspecified atom stereocenters. The minimum Gasteiger partial charge on any atom is -0.481 e. The molecule has 3 nitrogen and oxygen atoms in total. The predicted octanol–water partition coefficient (Wildman–Crippen LogP) is 2.60. The zero-order valence-electron chi connectivity index (χ0n) is 9.48. The maximum atomic E-state index is 9.00.